The number of benzene rings is 1. The van der Waals surface area contributed by atoms with Gasteiger partial charge < -0.3 is 15.0 Å². The topological polar surface area (TPSA) is 61.3 Å². The van der Waals surface area contributed by atoms with Crippen molar-refractivity contribution < 1.29 is 18.0 Å². The minimum atomic E-state index is -2.84. The fourth-order valence-corrected chi connectivity index (χ4v) is 2.06. The zero-order valence-corrected chi connectivity index (χ0v) is 12.0. The van der Waals surface area contributed by atoms with E-state index in [1.165, 1.54) is 12.1 Å². The average molecular weight is 296 g/mol. The van der Waals surface area contributed by atoms with Crippen molar-refractivity contribution in [2.75, 3.05) is 5.73 Å². The van der Waals surface area contributed by atoms with Crippen LogP contribution >= 0.6 is 0 Å². The largest absolute Gasteiger partial charge is 0.435 e. The van der Waals surface area contributed by atoms with Crippen LogP contribution in [-0.2, 0) is 6.42 Å². The van der Waals surface area contributed by atoms with E-state index in [4.69, 9.17) is 10.3 Å². The molecule has 6 heteroatoms. The van der Waals surface area contributed by atoms with E-state index in [0.717, 1.165) is 29.7 Å². The highest BCUT2D eigenvalue weighted by Gasteiger charge is 2.17. The maximum atomic E-state index is 12.1. The molecule has 114 valence electrons. The van der Waals surface area contributed by atoms with Gasteiger partial charge in [0.1, 0.15) is 5.75 Å². The number of anilines is 1. The predicted molar refractivity (Wildman–Crippen MR) is 76.1 cm³/mol. The van der Waals surface area contributed by atoms with Gasteiger partial charge in [0.25, 0.3) is 0 Å². The van der Waals surface area contributed by atoms with Crippen molar-refractivity contribution in [3.8, 4) is 16.9 Å². The fraction of sp³-hybridized carbons (Fsp3) is 0.400. The van der Waals surface area contributed by atoms with Crippen molar-refractivity contribution in [3.05, 3.63) is 30.0 Å². The molecule has 4 nitrogen and oxygen atoms in total. The number of aromatic nitrogens is 1. The Bertz CT molecular complexity index is 582. The highest BCUT2D eigenvalue weighted by molar-refractivity contribution is 5.75. The molecule has 0 aliphatic heterocycles. The molecule has 1 aromatic heterocycles. The summed E-state index contributed by atoms with van der Waals surface area (Å²) in [4.78, 5) is 0. The number of nitrogens with two attached hydrogens (primary N) is 1. The lowest BCUT2D eigenvalue weighted by molar-refractivity contribution is -0.0498. The van der Waals surface area contributed by atoms with Crippen LogP contribution < -0.4 is 10.5 Å². The molecule has 2 aromatic rings. The molecule has 1 unspecified atom stereocenters. The van der Waals surface area contributed by atoms with Gasteiger partial charge in [-0.3, -0.25) is 0 Å². The Balaban J connectivity index is 2.27. The summed E-state index contributed by atoms with van der Waals surface area (Å²) in [6.45, 7) is 1.39. The van der Waals surface area contributed by atoms with Crippen molar-refractivity contribution in [1.82, 2.24) is 5.16 Å². The van der Waals surface area contributed by atoms with Gasteiger partial charge in [-0.1, -0.05) is 37.6 Å². The molecule has 2 rings (SSSR count). The molecule has 0 aliphatic carbocycles. The quantitative estimate of drug-likeness (QED) is 0.871. The lowest BCUT2D eigenvalue weighted by Gasteiger charge is -2.08. The Hall–Kier alpha value is -2.11. The van der Waals surface area contributed by atoms with Crippen molar-refractivity contribution in [1.29, 1.82) is 0 Å². The Morgan fingerprint density at radius 3 is 2.52 bits per heavy atom. The summed E-state index contributed by atoms with van der Waals surface area (Å²) < 4.78 is 33.7. The number of nitrogens with zero attached hydrogens (tertiary/aromatic N) is 1. The number of nitrogen functional groups attached to an aromatic ring is 1. The molecule has 0 aliphatic rings. The Kier molecular flexibility index (Phi) is 4.77. The van der Waals surface area contributed by atoms with Gasteiger partial charge in [0.05, 0.1) is 11.3 Å². The first-order chi connectivity index (χ1) is 10.0. The summed E-state index contributed by atoms with van der Waals surface area (Å²) >= 11 is 0. The molecule has 21 heavy (non-hydrogen) atoms. The summed E-state index contributed by atoms with van der Waals surface area (Å²) in [7, 11) is 0. The number of ether oxygens (including phenoxy) is 1. The number of hydrogen-bond acceptors (Lipinski definition) is 4. The molecule has 1 atom stereocenters. The minimum absolute atomic E-state index is 0.104. The van der Waals surface area contributed by atoms with Crippen LogP contribution in [0.3, 0.4) is 0 Å². The van der Waals surface area contributed by atoms with Crippen LogP contribution in [0.15, 0.2) is 28.8 Å². The van der Waals surface area contributed by atoms with Gasteiger partial charge in [0.15, 0.2) is 0 Å². The highest BCUT2D eigenvalue weighted by Crippen LogP contribution is 2.32. The van der Waals surface area contributed by atoms with E-state index < -0.39 is 6.61 Å². The molecular weight excluding hydrogens is 278 g/mol. The van der Waals surface area contributed by atoms with Gasteiger partial charge in [-0.05, 0) is 30.0 Å². The standard InChI is InChI=1S/C15H18F2N2O2/c1-3-9(2)8-12-13(14(18)21-19-12)10-4-6-11(7-5-10)20-15(16)17/h4-7,9,15H,3,8,18H2,1-2H3. The zero-order valence-electron chi connectivity index (χ0n) is 12.0. The van der Waals surface area contributed by atoms with Crippen LogP contribution in [0.4, 0.5) is 14.7 Å². The second-order valence-corrected chi connectivity index (χ2v) is 4.99. The number of hydrogen-bond donors (Lipinski definition) is 1. The molecule has 1 aromatic carbocycles. The third kappa shape index (κ3) is 3.71. The predicted octanol–water partition coefficient (Wildman–Crippen LogP) is 4.11. The fourth-order valence-electron chi connectivity index (χ4n) is 2.06. The van der Waals surface area contributed by atoms with E-state index in [1.807, 2.05) is 0 Å². The first-order valence-corrected chi connectivity index (χ1v) is 6.80. The van der Waals surface area contributed by atoms with Crippen molar-refractivity contribution in [2.24, 2.45) is 5.92 Å². The zero-order chi connectivity index (χ0) is 15.4. The Labute approximate surface area is 121 Å². The number of rotatable bonds is 6. The Morgan fingerprint density at radius 2 is 1.95 bits per heavy atom. The smallest absolute Gasteiger partial charge is 0.387 e. The van der Waals surface area contributed by atoms with Gasteiger partial charge in [-0.25, -0.2) is 0 Å². The van der Waals surface area contributed by atoms with Gasteiger partial charge in [-0.2, -0.15) is 8.78 Å². The average Bonchev–Trinajstić information content (AvgIpc) is 2.80. The maximum Gasteiger partial charge on any atom is 0.387 e. The van der Waals surface area contributed by atoms with Crippen molar-refractivity contribution in [3.63, 3.8) is 0 Å². The molecule has 0 bridgehead atoms. The van der Waals surface area contributed by atoms with E-state index in [9.17, 15) is 8.78 Å². The summed E-state index contributed by atoms with van der Waals surface area (Å²) in [5.74, 6) is 0.790. The summed E-state index contributed by atoms with van der Waals surface area (Å²) in [5.41, 5.74) is 8.10. The SMILES string of the molecule is CCC(C)Cc1noc(N)c1-c1ccc(OC(F)F)cc1. The summed E-state index contributed by atoms with van der Waals surface area (Å²) in [6.07, 6.45) is 1.77. The second kappa shape index (κ2) is 6.56. The third-order valence-corrected chi connectivity index (χ3v) is 3.40. The first-order valence-electron chi connectivity index (χ1n) is 6.80. The molecule has 2 N–H and O–H groups in total. The minimum Gasteiger partial charge on any atom is -0.435 e. The number of halogens is 2. The maximum absolute atomic E-state index is 12.1. The van der Waals surface area contributed by atoms with Crippen LogP contribution in [0.1, 0.15) is 26.0 Å². The van der Waals surface area contributed by atoms with Crippen LogP contribution in [-0.4, -0.2) is 11.8 Å². The molecular formula is C15H18F2N2O2. The molecule has 0 spiro atoms. The monoisotopic (exact) mass is 296 g/mol. The summed E-state index contributed by atoms with van der Waals surface area (Å²) in [5, 5.41) is 4.00. The van der Waals surface area contributed by atoms with E-state index in [-0.39, 0.29) is 11.6 Å². The normalized spacial score (nSPS) is 12.6. The van der Waals surface area contributed by atoms with Crippen LogP contribution in [0.25, 0.3) is 11.1 Å². The highest BCUT2D eigenvalue weighted by atomic mass is 19.3. The van der Waals surface area contributed by atoms with E-state index in [1.54, 1.807) is 12.1 Å². The Morgan fingerprint density at radius 1 is 1.29 bits per heavy atom. The second-order valence-electron chi connectivity index (χ2n) is 4.99. The third-order valence-electron chi connectivity index (χ3n) is 3.40. The molecule has 0 saturated heterocycles. The summed E-state index contributed by atoms with van der Waals surface area (Å²) in [6, 6.07) is 6.28. The first kappa shape index (κ1) is 15.3. The molecule has 0 saturated carbocycles. The van der Waals surface area contributed by atoms with E-state index in [2.05, 4.69) is 23.7 Å². The van der Waals surface area contributed by atoms with Crippen molar-refractivity contribution >= 4 is 5.88 Å². The van der Waals surface area contributed by atoms with Gasteiger partial charge in [0.2, 0.25) is 5.88 Å². The van der Waals surface area contributed by atoms with Crippen molar-refractivity contribution in [2.45, 2.75) is 33.3 Å². The van der Waals surface area contributed by atoms with Gasteiger partial charge in [0, 0.05) is 0 Å². The lowest BCUT2D eigenvalue weighted by Crippen LogP contribution is -2.02. The van der Waals surface area contributed by atoms with E-state index in [0.29, 0.717) is 5.92 Å². The van der Waals surface area contributed by atoms with E-state index >= 15 is 0 Å². The van der Waals surface area contributed by atoms with Crippen LogP contribution in [0.5, 0.6) is 5.75 Å². The number of alkyl halides is 2. The molecule has 0 amide bonds. The van der Waals surface area contributed by atoms with Crippen LogP contribution in [0.2, 0.25) is 0 Å². The van der Waals surface area contributed by atoms with Gasteiger partial charge in [-0.15, -0.1) is 0 Å². The molecule has 0 radical (unpaired) electrons. The van der Waals surface area contributed by atoms with Crippen LogP contribution in [0, 0.1) is 5.92 Å². The molecule has 0 fully saturated rings. The lowest BCUT2D eigenvalue weighted by atomic mass is 9.97. The van der Waals surface area contributed by atoms with Gasteiger partial charge >= 0.3 is 6.61 Å². The molecule has 1 heterocycles.